The Kier molecular flexibility index (Phi) is 6.24. The van der Waals surface area contributed by atoms with Crippen LogP contribution in [0, 0.1) is 12.8 Å². The maximum Gasteiger partial charge on any atom is 0.393 e. The highest BCUT2D eigenvalue weighted by molar-refractivity contribution is 7.18. The SMILES string of the molecule is Cc1cccc(CN2CCC(CNc3ncnc4sc(CC(F)(F)F)cc34)CC2)c1. The molecule has 0 saturated carbocycles. The minimum atomic E-state index is -4.21. The van der Waals surface area contributed by atoms with E-state index in [2.05, 4.69) is 51.4 Å². The van der Waals surface area contributed by atoms with Gasteiger partial charge in [-0.15, -0.1) is 11.3 Å². The van der Waals surface area contributed by atoms with Gasteiger partial charge in [0.15, 0.2) is 0 Å². The number of likely N-dealkylation sites (tertiary alicyclic amines) is 1. The number of hydrogen-bond acceptors (Lipinski definition) is 5. The number of halogens is 3. The van der Waals surface area contributed by atoms with Crippen LogP contribution in [0.3, 0.4) is 0 Å². The van der Waals surface area contributed by atoms with Crippen LogP contribution >= 0.6 is 11.3 Å². The predicted molar refractivity (Wildman–Crippen MR) is 115 cm³/mol. The molecule has 1 aliphatic heterocycles. The van der Waals surface area contributed by atoms with Gasteiger partial charge in [0, 0.05) is 18.0 Å². The number of benzene rings is 1. The van der Waals surface area contributed by atoms with Crippen molar-refractivity contribution in [3.63, 3.8) is 0 Å². The number of nitrogens with zero attached hydrogens (tertiary/aromatic N) is 3. The highest BCUT2D eigenvalue weighted by atomic mass is 32.1. The fraction of sp³-hybridized carbons (Fsp3) is 0.455. The molecule has 0 aliphatic carbocycles. The summed E-state index contributed by atoms with van der Waals surface area (Å²) >= 11 is 1.08. The third-order valence-electron chi connectivity index (χ3n) is 5.51. The Balaban J connectivity index is 1.31. The third kappa shape index (κ3) is 5.49. The summed E-state index contributed by atoms with van der Waals surface area (Å²) in [5, 5.41) is 4.04. The summed E-state index contributed by atoms with van der Waals surface area (Å²) in [7, 11) is 0. The number of fused-ring (bicyclic) bond motifs is 1. The van der Waals surface area contributed by atoms with Crippen LogP contribution in [0.15, 0.2) is 36.7 Å². The van der Waals surface area contributed by atoms with E-state index in [0.717, 1.165) is 50.4 Å². The van der Waals surface area contributed by atoms with Gasteiger partial charge >= 0.3 is 6.18 Å². The van der Waals surface area contributed by atoms with Crippen LogP contribution in [-0.2, 0) is 13.0 Å². The van der Waals surface area contributed by atoms with Gasteiger partial charge in [-0.2, -0.15) is 13.2 Å². The Morgan fingerprint density at radius 1 is 1.17 bits per heavy atom. The summed E-state index contributed by atoms with van der Waals surface area (Å²) in [6.07, 6.45) is -1.53. The highest BCUT2D eigenvalue weighted by Gasteiger charge is 2.29. The van der Waals surface area contributed by atoms with Crippen molar-refractivity contribution in [2.24, 2.45) is 5.92 Å². The molecule has 30 heavy (non-hydrogen) atoms. The van der Waals surface area contributed by atoms with Gasteiger partial charge in [0.25, 0.3) is 0 Å². The van der Waals surface area contributed by atoms with Gasteiger partial charge in [-0.25, -0.2) is 9.97 Å². The van der Waals surface area contributed by atoms with Gasteiger partial charge in [-0.1, -0.05) is 29.8 Å². The van der Waals surface area contributed by atoms with E-state index in [1.807, 2.05) is 0 Å². The summed E-state index contributed by atoms with van der Waals surface area (Å²) in [6, 6.07) is 10.2. The Morgan fingerprint density at radius 3 is 2.70 bits per heavy atom. The first-order valence-electron chi connectivity index (χ1n) is 10.2. The highest BCUT2D eigenvalue weighted by Crippen LogP contribution is 2.32. The molecule has 1 saturated heterocycles. The zero-order chi connectivity index (χ0) is 21.1. The number of nitrogens with one attached hydrogen (secondary N) is 1. The van der Waals surface area contributed by atoms with Crippen LogP contribution in [0.5, 0.6) is 0 Å². The topological polar surface area (TPSA) is 41.0 Å². The maximum absolute atomic E-state index is 12.7. The average Bonchev–Trinajstić information content (AvgIpc) is 3.08. The van der Waals surface area contributed by atoms with E-state index in [1.54, 1.807) is 6.07 Å². The first-order chi connectivity index (χ1) is 14.4. The molecule has 0 radical (unpaired) electrons. The second-order valence-corrected chi connectivity index (χ2v) is 9.15. The molecule has 160 valence electrons. The molecule has 0 bridgehead atoms. The summed E-state index contributed by atoms with van der Waals surface area (Å²) in [4.78, 5) is 11.8. The molecule has 2 aromatic heterocycles. The summed E-state index contributed by atoms with van der Waals surface area (Å²) in [5.41, 5.74) is 2.64. The van der Waals surface area contributed by atoms with Crippen molar-refractivity contribution in [3.05, 3.63) is 52.7 Å². The number of aryl methyl sites for hydroxylation is 1. The molecule has 4 nitrogen and oxygen atoms in total. The van der Waals surface area contributed by atoms with Crippen LogP contribution in [0.1, 0.15) is 28.8 Å². The Labute approximate surface area is 178 Å². The van der Waals surface area contributed by atoms with Crippen molar-refractivity contribution < 1.29 is 13.2 Å². The molecular formula is C22H25F3N4S. The van der Waals surface area contributed by atoms with Crippen LogP contribution in [-0.4, -0.2) is 40.7 Å². The van der Waals surface area contributed by atoms with E-state index in [1.165, 1.54) is 17.5 Å². The molecule has 1 aliphatic rings. The lowest BCUT2D eigenvalue weighted by atomic mass is 9.96. The molecule has 0 spiro atoms. The number of hydrogen-bond donors (Lipinski definition) is 1. The van der Waals surface area contributed by atoms with Crippen molar-refractivity contribution in [1.29, 1.82) is 0 Å². The third-order valence-corrected chi connectivity index (χ3v) is 6.55. The largest absolute Gasteiger partial charge is 0.393 e. The second kappa shape index (κ2) is 8.89. The molecule has 0 unspecified atom stereocenters. The zero-order valence-corrected chi connectivity index (χ0v) is 17.7. The predicted octanol–water partition coefficient (Wildman–Crippen LogP) is 5.43. The van der Waals surface area contributed by atoms with Crippen LogP contribution < -0.4 is 5.32 Å². The lowest BCUT2D eigenvalue weighted by Gasteiger charge is -2.32. The molecule has 0 atom stereocenters. The Bertz CT molecular complexity index is 993. The molecule has 3 heterocycles. The summed E-state index contributed by atoms with van der Waals surface area (Å²) < 4.78 is 38.1. The van der Waals surface area contributed by atoms with Crippen molar-refractivity contribution in [2.75, 3.05) is 25.0 Å². The molecule has 0 amide bonds. The van der Waals surface area contributed by atoms with E-state index < -0.39 is 12.6 Å². The maximum atomic E-state index is 12.7. The van der Waals surface area contributed by atoms with Crippen LogP contribution in [0.25, 0.3) is 10.2 Å². The van der Waals surface area contributed by atoms with Gasteiger partial charge in [-0.05, 0) is 50.4 Å². The normalized spacial score (nSPS) is 16.3. The van der Waals surface area contributed by atoms with Crippen LogP contribution in [0.2, 0.25) is 0 Å². The van der Waals surface area contributed by atoms with Crippen molar-refractivity contribution >= 4 is 27.4 Å². The van der Waals surface area contributed by atoms with E-state index in [-0.39, 0.29) is 4.88 Å². The molecule has 1 aromatic carbocycles. The van der Waals surface area contributed by atoms with Gasteiger partial charge in [-0.3, -0.25) is 4.90 Å². The van der Waals surface area contributed by atoms with Crippen molar-refractivity contribution in [3.8, 4) is 0 Å². The number of piperidine rings is 1. The fourth-order valence-electron chi connectivity index (χ4n) is 3.99. The minimum absolute atomic E-state index is 0.269. The first kappa shape index (κ1) is 21.1. The van der Waals surface area contributed by atoms with E-state index in [9.17, 15) is 13.2 Å². The van der Waals surface area contributed by atoms with Gasteiger partial charge in [0.05, 0.1) is 11.8 Å². The average molecular weight is 435 g/mol. The van der Waals surface area contributed by atoms with E-state index >= 15 is 0 Å². The number of anilines is 1. The fourth-order valence-corrected chi connectivity index (χ4v) is 5.02. The second-order valence-electron chi connectivity index (χ2n) is 8.04. The molecular weight excluding hydrogens is 409 g/mol. The summed E-state index contributed by atoms with van der Waals surface area (Å²) in [5.74, 6) is 1.16. The summed E-state index contributed by atoms with van der Waals surface area (Å²) in [6.45, 7) is 5.96. The Hall–Kier alpha value is -2.19. The number of rotatable bonds is 6. The minimum Gasteiger partial charge on any atom is -0.369 e. The monoisotopic (exact) mass is 434 g/mol. The van der Waals surface area contributed by atoms with Crippen molar-refractivity contribution in [2.45, 2.75) is 38.9 Å². The number of thiophene rings is 1. The van der Waals surface area contributed by atoms with Crippen molar-refractivity contribution in [1.82, 2.24) is 14.9 Å². The number of alkyl halides is 3. The molecule has 4 rings (SSSR count). The lowest BCUT2D eigenvalue weighted by Crippen LogP contribution is -2.35. The molecule has 1 N–H and O–H groups in total. The van der Waals surface area contributed by atoms with E-state index in [4.69, 9.17) is 0 Å². The standard InChI is InChI=1S/C22H25F3N4S/c1-15-3-2-4-17(9-15)13-29-7-5-16(6-8-29)12-26-20-19-10-18(11-22(23,24)25)30-21(19)28-14-27-20/h2-4,9-10,14,16H,5-8,11-13H2,1H3,(H,26,27,28). The van der Waals surface area contributed by atoms with Gasteiger partial charge < -0.3 is 5.32 Å². The van der Waals surface area contributed by atoms with Gasteiger partial charge in [0.1, 0.15) is 17.0 Å². The molecule has 3 aromatic rings. The van der Waals surface area contributed by atoms with Crippen LogP contribution in [0.4, 0.5) is 19.0 Å². The smallest absolute Gasteiger partial charge is 0.369 e. The molecule has 8 heteroatoms. The lowest BCUT2D eigenvalue weighted by molar-refractivity contribution is -0.126. The zero-order valence-electron chi connectivity index (χ0n) is 16.9. The first-order valence-corrected chi connectivity index (χ1v) is 11.0. The molecule has 1 fully saturated rings. The quantitative estimate of drug-likeness (QED) is 0.562. The Morgan fingerprint density at radius 2 is 1.97 bits per heavy atom. The van der Waals surface area contributed by atoms with E-state index in [0.29, 0.717) is 22.0 Å². The van der Waals surface area contributed by atoms with Gasteiger partial charge in [0.2, 0.25) is 0 Å². The number of aromatic nitrogens is 2.